The van der Waals surface area contributed by atoms with Gasteiger partial charge >= 0.3 is 6.18 Å². The van der Waals surface area contributed by atoms with Crippen molar-refractivity contribution in [2.75, 3.05) is 11.5 Å². The zero-order valence-electron chi connectivity index (χ0n) is 9.37. The predicted octanol–water partition coefficient (Wildman–Crippen LogP) is 1.59. The smallest absolute Gasteiger partial charge is 0.308 e. The summed E-state index contributed by atoms with van der Waals surface area (Å²) in [4.78, 5) is 0. The minimum absolute atomic E-state index is 0.0615. The van der Waals surface area contributed by atoms with Crippen molar-refractivity contribution in [3.8, 4) is 0 Å². The number of nitrogens with one attached hydrogen (secondary N) is 1. The Labute approximate surface area is 103 Å². The van der Waals surface area contributed by atoms with Crippen molar-refractivity contribution in [3.05, 3.63) is 35.4 Å². The average molecular weight is 279 g/mol. The SMILES string of the molecule is O=S1(=O)CC(NCc2cccc(C(F)(F)F)c2)C1. The van der Waals surface area contributed by atoms with Crippen molar-refractivity contribution >= 4 is 9.84 Å². The van der Waals surface area contributed by atoms with E-state index in [9.17, 15) is 21.6 Å². The Kier molecular flexibility index (Phi) is 3.37. The molecule has 1 saturated heterocycles. The molecule has 0 aromatic heterocycles. The number of hydrogen-bond acceptors (Lipinski definition) is 3. The van der Waals surface area contributed by atoms with Gasteiger partial charge in [0.05, 0.1) is 17.1 Å². The Bertz CT molecular complexity index is 527. The lowest BCUT2D eigenvalue weighted by Gasteiger charge is -2.26. The minimum Gasteiger partial charge on any atom is -0.308 e. The molecule has 7 heteroatoms. The Hall–Kier alpha value is -1.08. The first-order chi connectivity index (χ1) is 8.26. The number of halogens is 3. The normalized spacial score (nSPS) is 19.5. The molecule has 1 fully saturated rings. The summed E-state index contributed by atoms with van der Waals surface area (Å²) in [5.41, 5.74) is -0.197. The van der Waals surface area contributed by atoms with E-state index in [1.165, 1.54) is 6.07 Å². The standard InChI is InChI=1S/C11H12F3NO2S/c12-11(13,14)9-3-1-2-8(4-9)5-15-10-6-18(16,17)7-10/h1-4,10,15H,5-7H2. The van der Waals surface area contributed by atoms with Crippen molar-refractivity contribution < 1.29 is 21.6 Å². The number of hydrogen-bond donors (Lipinski definition) is 1. The van der Waals surface area contributed by atoms with Gasteiger partial charge in [-0.2, -0.15) is 13.2 Å². The average Bonchev–Trinajstić information content (AvgIpc) is 2.22. The third-order valence-corrected chi connectivity index (χ3v) is 4.58. The van der Waals surface area contributed by atoms with E-state index in [-0.39, 0.29) is 24.1 Å². The number of alkyl halides is 3. The van der Waals surface area contributed by atoms with Crippen molar-refractivity contribution in [2.24, 2.45) is 0 Å². The van der Waals surface area contributed by atoms with Gasteiger partial charge < -0.3 is 5.32 Å². The Balaban J connectivity index is 1.94. The van der Waals surface area contributed by atoms with Gasteiger partial charge in [-0.05, 0) is 11.6 Å². The van der Waals surface area contributed by atoms with Crippen molar-refractivity contribution in [2.45, 2.75) is 18.8 Å². The zero-order chi connectivity index (χ0) is 13.4. The van der Waals surface area contributed by atoms with Crippen molar-refractivity contribution in [1.29, 1.82) is 0 Å². The summed E-state index contributed by atoms with van der Waals surface area (Å²) >= 11 is 0. The van der Waals surface area contributed by atoms with E-state index >= 15 is 0 Å². The van der Waals surface area contributed by atoms with E-state index in [0.717, 1.165) is 12.1 Å². The van der Waals surface area contributed by atoms with Gasteiger partial charge in [0.15, 0.2) is 9.84 Å². The zero-order valence-corrected chi connectivity index (χ0v) is 10.2. The van der Waals surface area contributed by atoms with E-state index in [4.69, 9.17) is 0 Å². The highest BCUT2D eigenvalue weighted by Crippen LogP contribution is 2.29. The van der Waals surface area contributed by atoms with Gasteiger partial charge in [0.1, 0.15) is 0 Å². The molecule has 0 spiro atoms. The largest absolute Gasteiger partial charge is 0.416 e. The fourth-order valence-corrected chi connectivity index (χ4v) is 3.17. The number of sulfone groups is 1. The number of rotatable bonds is 3. The maximum Gasteiger partial charge on any atom is 0.416 e. The summed E-state index contributed by atoms with van der Waals surface area (Å²) in [6.07, 6.45) is -4.35. The van der Waals surface area contributed by atoms with Crippen LogP contribution in [0, 0.1) is 0 Å². The molecule has 1 N–H and O–H groups in total. The van der Waals surface area contributed by atoms with Crippen LogP contribution in [-0.4, -0.2) is 26.0 Å². The first kappa shape index (κ1) is 13.4. The van der Waals surface area contributed by atoms with E-state index < -0.39 is 21.6 Å². The molecule has 2 rings (SSSR count). The van der Waals surface area contributed by atoms with Gasteiger partial charge in [-0.15, -0.1) is 0 Å². The Morgan fingerprint density at radius 3 is 2.50 bits per heavy atom. The van der Waals surface area contributed by atoms with Gasteiger partial charge in [-0.25, -0.2) is 8.42 Å². The van der Waals surface area contributed by atoms with Gasteiger partial charge in [0.25, 0.3) is 0 Å². The molecule has 1 aromatic rings. The van der Waals surface area contributed by atoms with E-state index in [1.807, 2.05) is 0 Å². The Morgan fingerprint density at radius 1 is 1.28 bits per heavy atom. The second-order valence-corrected chi connectivity index (χ2v) is 6.51. The van der Waals surface area contributed by atoms with Crippen molar-refractivity contribution in [1.82, 2.24) is 5.32 Å². The van der Waals surface area contributed by atoms with E-state index in [2.05, 4.69) is 5.32 Å². The summed E-state index contributed by atoms with van der Waals surface area (Å²) < 4.78 is 59.1. The fourth-order valence-electron chi connectivity index (χ4n) is 1.80. The lowest BCUT2D eigenvalue weighted by atomic mass is 10.1. The molecule has 1 aliphatic heterocycles. The molecular formula is C11H12F3NO2S. The van der Waals surface area contributed by atoms with Crippen LogP contribution in [0.25, 0.3) is 0 Å². The molecule has 0 atom stereocenters. The molecular weight excluding hydrogens is 267 g/mol. The minimum atomic E-state index is -4.35. The Morgan fingerprint density at radius 2 is 1.94 bits per heavy atom. The maximum atomic E-state index is 12.4. The fraction of sp³-hybridized carbons (Fsp3) is 0.455. The molecule has 1 aromatic carbocycles. The highest BCUT2D eigenvalue weighted by Gasteiger charge is 2.33. The molecule has 0 unspecified atom stereocenters. The molecule has 0 aliphatic carbocycles. The molecule has 3 nitrogen and oxygen atoms in total. The van der Waals surface area contributed by atoms with E-state index in [1.54, 1.807) is 6.07 Å². The van der Waals surface area contributed by atoms with Gasteiger partial charge in [-0.3, -0.25) is 0 Å². The molecule has 0 bridgehead atoms. The van der Waals surface area contributed by atoms with E-state index in [0.29, 0.717) is 5.56 Å². The molecule has 0 amide bonds. The van der Waals surface area contributed by atoms with Crippen LogP contribution in [0.4, 0.5) is 13.2 Å². The van der Waals surface area contributed by atoms with Crippen LogP contribution < -0.4 is 5.32 Å². The third kappa shape index (κ3) is 3.23. The van der Waals surface area contributed by atoms with Gasteiger partial charge in [0.2, 0.25) is 0 Å². The van der Waals surface area contributed by atoms with Crippen LogP contribution in [0.15, 0.2) is 24.3 Å². The second-order valence-electron chi connectivity index (χ2n) is 4.35. The predicted molar refractivity (Wildman–Crippen MR) is 60.7 cm³/mol. The molecule has 100 valence electrons. The van der Waals surface area contributed by atoms with Crippen LogP contribution in [-0.2, 0) is 22.6 Å². The monoisotopic (exact) mass is 279 g/mol. The number of benzene rings is 1. The summed E-state index contributed by atoms with van der Waals surface area (Å²) in [7, 11) is -2.91. The lowest BCUT2D eigenvalue weighted by molar-refractivity contribution is -0.137. The highest BCUT2D eigenvalue weighted by molar-refractivity contribution is 7.92. The molecule has 1 aliphatic rings. The first-order valence-electron chi connectivity index (χ1n) is 5.36. The third-order valence-electron chi connectivity index (χ3n) is 2.76. The molecule has 0 radical (unpaired) electrons. The lowest BCUT2D eigenvalue weighted by Crippen LogP contribution is -2.50. The van der Waals surface area contributed by atoms with Crippen LogP contribution in [0.1, 0.15) is 11.1 Å². The first-order valence-corrected chi connectivity index (χ1v) is 7.18. The summed E-state index contributed by atoms with van der Waals surface area (Å²) in [6, 6.07) is 4.86. The topological polar surface area (TPSA) is 46.2 Å². The molecule has 1 heterocycles. The van der Waals surface area contributed by atoms with Crippen LogP contribution >= 0.6 is 0 Å². The van der Waals surface area contributed by atoms with Gasteiger partial charge in [-0.1, -0.05) is 18.2 Å². The molecule has 0 saturated carbocycles. The molecule has 18 heavy (non-hydrogen) atoms. The van der Waals surface area contributed by atoms with Crippen LogP contribution in [0.5, 0.6) is 0 Å². The van der Waals surface area contributed by atoms with Crippen LogP contribution in [0.2, 0.25) is 0 Å². The maximum absolute atomic E-state index is 12.4. The highest BCUT2D eigenvalue weighted by atomic mass is 32.2. The van der Waals surface area contributed by atoms with Crippen molar-refractivity contribution in [3.63, 3.8) is 0 Å². The van der Waals surface area contributed by atoms with Crippen LogP contribution in [0.3, 0.4) is 0 Å². The summed E-state index contributed by atoms with van der Waals surface area (Å²) in [6.45, 7) is 0.240. The summed E-state index contributed by atoms with van der Waals surface area (Å²) in [5, 5.41) is 2.92. The second kappa shape index (κ2) is 4.55. The van der Waals surface area contributed by atoms with Gasteiger partial charge in [0, 0.05) is 12.6 Å². The quantitative estimate of drug-likeness (QED) is 0.914. The summed E-state index contributed by atoms with van der Waals surface area (Å²) in [5.74, 6) is 0.123.